The molecule has 96 valence electrons. The number of rotatable bonds is 4. The van der Waals surface area contributed by atoms with Crippen LogP contribution >= 0.6 is 0 Å². The van der Waals surface area contributed by atoms with Gasteiger partial charge in [0.15, 0.2) is 11.5 Å². The third-order valence-corrected chi connectivity index (χ3v) is 3.63. The molecule has 1 saturated carbocycles. The van der Waals surface area contributed by atoms with Crippen LogP contribution in [-0.2, 0) is 6.54 Å². The Morgan fingerprint density at radius 3 is 3.00 bits per heavy atom. The van der Waals surface area contributed by atoms with Crippen LogP contribution in [0.4, 0.5) is 0 Å². The summed E-state index contributed by atoms with van der Waals surface area (Å²) >= 11 is 0. The summed E-state index contributed by atoms with van der Waals surface area (Å²) in [5, 5.41) is 13.3. The van der Waals surface area contributed by atoms with Gasteiger partial charge < -0.3 is 14.8 Å². The molecule has 0 amide bonds. The molecular formula is C14H18N2O2. The van der Waals surface area contributed by atoms with Crippen molar-refractivity contribution in [2.24, 2.45) is 0 Å². The molecule has 0 aliphatic heterocycles. The van der Waals surface area contributed by atoms with Crippen LogP contribution in [0.3, 0.4) is 0 Å². The summed E-state index contributed by atoms with van der Waals surface area (Å²) in [5.41, 5.74) is 2.43. The molecular weight excluding hydrogens is 228 g/mol. The molecule has 4 nitrogen and oxygen atoms in total. The third kappa shape index (κ3) is 2.26. The van der Waals surface area contributed by atoms with Crippen molar-refractivity contribution in [2.45, 2.75) is 38.3 Å². The molecule has 1 aliphatic rings. The first-order chi connectivity index (χ1) is 8.65. The average molecular weight is 246 g/mol. The number of aliphatic hydroxyl groups is 1. The lowest BCUT2D eigenvalue weighted by molar-refractivity contribution is -0.0314. The Hall–Kier alpha value is -1.39. The summed E-state index contributed by atoms with van der Waals surface area (Å²) in [6.45, 7) is 3.27. The van der Waals surface area contributed by atoms with Gasteiger partial charge in [-0.2, -0.15) is 0 Å². The van der Waals surface area contributed by atoms with Crippen LogP contribution in [0.1, 0.15) is 30.7 Å². The molecule has 0 radical (unpaired) electrons. The van der Waals surface area contributed by atoms with E-state index in [1.165, 1.54) is 5.56 Å². The smallest absolute Gasteiger partial charge is 0.192 e. The minimum atomic E-state index is -0.464. The lowest BCUT2D eigenvalue weighted by atomic mass is 9.80. The molecule has 0 bridgehead atoms. The van der Waals surface area contributed by atoms with E-state index in [-0.39, 0.29) is 0 Å². The van der Waals surface area contributed by atoms with Gasteiger partial charge in [0.05, 0.1) is 5.60 Å². The Bertz CT molecular complexity index is 558. The molecule has 4 heteroatoms. The summed E-state index contributed by atoms with van der Waals surface area (Å²) in [5.74, 6) is 0.693. The minimum absolute atomic E-state index is 0.464. The van der Waals surface area contributed by atoms with Crippen molar-refractivity contribution >= 4 is 11.1 Å². The lowest BCUT2D eigenvalue weighted by Crippen LogP contribution is -2.45. The average Bonchev–Trinajstić information content (AvgIpc) is 2.66. The summed E-state index contributed by atoms with van der Waals surface area (Å²) in [4.78, 5) is 4.31. The molecule has 1 aliphatic carbocycles. The van der Waals surface area contributed by atoms with Gasteiger partial charge in [-0.15, -0.1) is 0 Å². The van der Waals surface area contributed by atoms with Crippen LogP contribution < -0.4 is 5.32 Å². The van der Waals surface area contributed by atoms with Gasteiger partial charge in [0.2, 0.25) is 0 Å². The van der Waals surface area contributed by atoms with E-state index in [1.807, 2.05) is 25.1 Å². The molecule has 1 aromatic heterocycles. The Morgan fingerprint density at radius 2 is 2.28 bits per heavy atom. The van der Waals surface area contributed by atoms with E-state index >= 15 is 0 Å². The molecule has 1 fully saturated rings. The lowest BCUT2D eigenvalue weighted by Gasteiger charge is -2.36. The number of nitrogens with one attached hydrogen (secondary N) is 1. The van der Waals surface area contributed by atoms with E-state index in [2.05, 4.69) is 10.3 Å². The first kappa shape index (κ1) is 11.7. The fourth-order valence-electron chi connectivity index (χ4n) is 2.40. The van der Waals surface area contributed by atoms with Crippen molar-refractivity contribution in [2.75, 3.05) is 6.54 Å². The van der Waals surface area contributed by atoms with Crippen molar-refractivity contribution < 1.29 is 9.52 Å². The van der Waals surface area contributed by atoms with Crippen molar-refractivity contribution in [3.8, 4) is 0 Å². The quantitative estimate of drug-likeness (QED) is 0.867. The molecule has 2 N–H and O–H groups in total. The Labute approximate surface area is 106 Å². The van der Waals surface area contributed by atoms with Gasteiger partial charge >= 0.3 is 0 Å². The predicted molar refractivity (Wildman–Crippen MR) is 69.3 cm³/mol. The highest BCUT2D eigenvalue weighted by Crippen LogP contribution is 2.30. The number of benzene rings is 1. The van der Waals surface area contributed by atoms with Gasteiger partial charge in [0.25, 0.3) is 0 Å². The van der Waals surface area contributed by atoms with E-state index in [1.54, 1.807) is 0 Å². The van der Waals surface area contributed by atoms with Crippen LogP contribution in [0.25, 0.3) is 11.1 Å². The maximum atomic E-state index is 9.97. The standard InChI is InChI=1S/C14H18N2O2/c1-10-16-12-7-11(3-4-13(12)18-10)8-15-9-14(17)5-2-6-14/h3-4,7,15,17H,2,5-6,8-9H2,1H3. The van der Waals surface area contributed by atoms with E-state index in [0.717, 1.165) is 36.9 Å². The molecule has 3 rings (SSSR count). The Balaban J connectivity index is 1.63. The maximum Gasteiger partial charge on any atom is 0.192 e. The number of oxazole rings is 1. The van der Waals surface area contributed by atoms with Gasteiger partial charge in [-0.1, -0.05) is 6.07 Å². The zero-order chi connectivity index (χ0) is 12.6. The van der Waals surface area contributed by atoms with Crippen LogP contribution in [0, 0.1) is 6.92 Å². The number of nitrogens with zero attached hydrogens (tertiary/aromatic N) is 1. The molecule has 2 aromatic rings. The van der Waals surface area contributed by atoms with Crippen LogP contribution in [0.15, 0.2) is 22.6 Å². The predicted octanol–water partition coefficient (Wildman–Crippen LogP) is 2.14. The van der Waals surface area contributed by atoms with Crippen LogP contribution in [0.5, 0.6) is 0 Å². The van der Waals surface area contributed by atoms with Gasteiger partial charge in [0, 0.05) is 20.0 Å². The number of aryl methyl sites for hydroxylation is 1. The molecule has 0 unspecified atom stereocenters. The maximum absolute atomic E-state index is 9.97. The number of fused-ring (bicyclic) bond motifs is 1. The topological polar surface area (TPSA) is 58.3 Å². The summed E-state index contributed by atoms with van der Waals surface area (Å²) in [7, 11) is 0. The largest absolute Gasteiger partial charge is 0.441 e. The Kier molecular flexibility index (Phi) is 2.84. The second-order valence-electron chi connectivity index (χ2n) is 5.22. The molecule has 18 heavy (non-hydrogen) atoms. The molecule has 0 saturated heterocycles. The van der Waals surface area contributed by atoms with Gasteiger partial charge in [-0.05, 0) is 37.0 Å². The first-order valence-corrected chi connectivity index (χ1v) is 6.44. The SMILES string of the molecule is Cc1nc2cc(CNCC3(O)CCC3)ccc2o1. The normalized spacial score (nSPS) is 17.9. The van der Waals surface area contributed by atoms with E-state index in [4.69, 9.17) is 4.42 Å². The highest BCUT2D eigenvalue weighted by Gasteiger charge is 2.33. The zero-order valence-corrected chi connectivity index (χ0v) is 10.6. The van der Waals surface area contributed by atoms with Gasteiger partial charge in [-0.25, -0.2) is 4.98 Å². The van der Waals surface area contributed by atoms with Crippen molar-refractivity contribution in [1.82, 2.24) is 10.3 Å². The fraction of sp³-hybridized carbons (Fsp3) is 0.500. The Morgan fingerprint density at radius 1 is 1.44 bits per heavy atom. The first-order valence-electron chi connectivity index (χ1n) is 6.44. The van der Waals surface area contributed by atoms with Crippen LogP contribution in [-0.4, -0.2) is 22.2 Å². The van der Waals surface area contributed by atoms with Crippen molar-refractivity contribution in [3.63, 3.8) is 0 Å². The minimum Gasteiger partial charge on any atom is -0.441 e. The molecule has 0 atom stereocenters. The highest BCUT2D eigenvalue weighted by atomic mass is 16.3. The summed E-state index contributed by atoms with van der Waals surface area (Å²) in [6, 6.07) is 6.01. The van der Waals surface area contributed by atoms with E-state index in [0.29, 0.717) is 12.4 Å². The van der Waals surface area contributed by atoms with E-state index in [9.17, 15) is 5.11 Å². The van der Waals surface area contributed by atoms with E-state index < -0.39 is 5.60 Å². The fourth-order valence-corrected chi connectivity index (χ4v) is 2.40. The third-order valence-electron chi connectivity index (χ3n) is 3.63. The second-order valence-corrected chi connectivity index (χ2v) is 5.22. The van der Waals surface area contributed by atoms with Gasteiger partial charge in [-0.3, -0.25) is 0 Å². The number of hydrogen-bond donors (Lipinski definition) is 2. The molecule has 0 spiro atoms. The monoisotopic (exact) mass is 246 g/mol. The molecule has 1 aromatic carbocycles. The number of aromatic nitrogens is 1. The van der Waals surface area contributed by atoms with Crippen molar-refractivity contribution in [3.05, 3.63) is 29.7 Å². The van der Waals surface area contributed by atoms with Crippen LogP contribution in [0.2, 0.25) is 0 Å². The summed E-state index contributed by atoms with van der Waals surface area (Å²) in [6.07, 6.45) is 2.98. The van der Waals surface area contributed by atoms with Crippen molar-refractivity contribution in [1.29, 1.82) is 0 Å². The van der Waals surface area contributed by atoms with Gasteiger partial charge in [0.1, 0.15) is 5.52 Å². The summed E-state index contributed by atoms with van der Waals surface area (Å²) < 4.78 is 5.44. The number of hydrogen-bond acceptors (Lipinski definition) is 4. The highest BCUT2D eigenvalue weighted by molar-refractivity contribution is 5.73. The molecule has 1 heterocycles. The second kappa shape index (κ2) is 4.37. The zero-order valence-electron chi connectivity index (χ0n) is 10.6.